The molecular weight excluding hydrogens is 165 g/mol. The van der Waals surface area contributed by atoms with E-state index in [2.05, 4.69) is 0 Å². The van der Waals surface area contributed by atoms with Gasteiger partial charge in [0.05, 0.1) is 0 Å². The van der Waals surface area contributed by atoms with Crippen molar-refractivity contribution in [2.75, 3.05) is 0 Å². The second-order valence-electron chi connectivity index (χ2n) is 4.01. The van der Waals surface area contributed by atoms with Crippen molar-refractivity contribution >= 4 is 0 Å². The number of hydrogen-bond acceptors (Lipinski definition) is 0. The minimum Gasteiger partial charge on any atom is -0.237 e. The molecule has 0 bridgehead atoms. The molecular formula is C9H17F3. The first-order chi connectivity index (χ1) is 5.14. The van der Waals surface area contributed by atoms with E-state index in [0.29, 0.717) is 0 Å². The van der Waals surface area contributed by atoms with E-state index in [0.717, 1.165) is 6.92 Å². The lowest BCUT2D eigenvalue weighted by Crippen LogP contribution is -2.49. The van der Waals surface area contributed by atoms with Gasteiger partial charge >= 0.3 is 0 Å². The van der Waals surface area contributed by atoms with Gasteiger partial charge in [-0.25, -0.2) is 13.2 Å². The Labute approximate surface area is 72.2 Å². The fourth-order valence-electron chi connectivity index (χ4n) is 0.949. The Hall–Kier alpha value is -0.210. The Bertz CT molecular complexity index is 130. The molecule has 0 nitrogen and oxygen atoms in total. The van der Waals surface area contributed by atoms with Gasteiger partial charge in [-0.1, -0.05) is 27.7 Å². The molecule has 0 aromatic rings. The molecule has 0 aliphatic carbocycles. The van der Waals surface area contributed by atoms with Crippen molar-refractivity contribution in [3.05, 3.63) is 0 Å². The minimum absolute atomic E-state index is 0.671. The average molecular weight is 182 g/mol. The molecule has 0 saturated heterocycles. The Balaban J connectivity index is 4.75. The highest BCUT2D eigenvalue weighted by Gasteiger charge is 2.54. The Morgan fingerprint density at radius 2 is 1.17 bits per heavy atom. The van der Waals surface area contributed by atoms with Gasteiger partial charge in [0.1, 0.15) is 0 Å². The lowest BCUT2D eigenvalue weighted by atomic mass is 9.82. The molecule has 0 heterocycles. The summed E-state index contributed by atoms with van der Waals surface area (Å²) < 4.78 is 39.9. The van der Waals surface area contributed by atoms with Crippen LogP contribution in [0, 0.1) is 11.8 Å². The van der Waals surface area contributed by atoms with Crippen LogP contribution in [-0.2, 0) is 0 Å². The topological polar surface area (TPSA) is 0 Å². The summed E-state index contributed by atoms with van der Waals surface area (Å²) in [7, 11) is 0. The van der Waals surface area contributed by atoms with Crippen molar-refractivity contribution in [1.29, 1.82) is 0 Å². The van der Waals surface area contributed by atoms with E-state index in [1.165, 1.54) is 27.7 Å². The number of rotatable bonds is 3. The maximum atomic E-state index is 13.5. The third-order valence-electron chi connectivity index (χ3n) is 2.46. The molecule has 0 N–H and O–H groups in total. The van der Waals surface area contributed by atoms with E-state index in [1.807, 2.05) is 0 Å². The largest absolute Gasteiger partial charge is 0.283 e. The van der Waals surface area contributed by atoms with Gasteiger partial charge in [0.15, 0.2) is 5.67 Å². The third-order valence-corrected chi connectivity index (χ3v) is 2.46. The van der Waals surface area contributed by atoms with E-state index < -0.39 is 23.4 Å². The fourth-order valence-corrected chi connectivity index (χ4v) is 0.949. The van der Waals surface area contributed by atoms with Crippen molar-refractivity contribution in [2.24, 2.45) is 11.8 Å². The van der Waals surface area contributed by atoms with Crippen molar-refractivity contribution in [1.82, 2.24) is 0 Å². The number of hydrogen-bond donors (Lipinski definition) is 0. The van der Waals surface area contributed by atoms with Gasteiger partial charge in [0.25, 0.3) is 5.92 Å². The van der Waals surface area contributed by atoms with Gasteiger partial charge in [-0.2, -0.15) is 0 Å². The van der Waals surface area contributed by atoms with Crippen LogP contribution in [0.3, 0.4) is 0 Å². The smallest absolute Gasteiger partial charge is 0.237 e. The molecule has 0 saturated carbocycles. The van der Waals surface area contributed by atoms with Crippen molar-refractivity contribution in [3.63, 3.8) is 0 Å². The molecule has 0 radical (unpaired) electrons. The highest BCUT2D eigenvalue weighted by Crippen LogP contribution is 2.42. The highest BCUT2D eigenvalue weighted by atomic mass is 19.3. The van der Waals surface area contributed by atoms with E-state index in [-0.39, 0.29) is 0 Å². The molecule has 0 fully saturated rings. The molecule has 0 aromatic carbocycles. The van der Waals surface area contributed by atoms with Gasteiger partial charge in [0, 0.05) is 5.92 Å². The summed E-state index contributed by atoms with van der Waals surface area (Å²) in [5.41, 5.74) is -2.42. The Kier molecular flexibility index (Phi) is 3.21. The third kappa shape index (κ3) is 1.75. The van der Waals surface area contributed by atoms with Gasteiger partial charge in [0.2, 0.25) is 0 Å². The first kappa shape index (κ1) is 11.8. The van der Waals surface area contributed by atoms with E-state index in [1.54, 1.807) is 0 Å². The molecule has 0 aliphatic rings. The molecule has 0 spiro atoms. The molecule has 3 heteroatoms. The summed E-state index contributed by atoms with van der Waals surface area (Å²) in [5, 5.41) is 0. The summed E-state index contributed by atoms with van der Waals surface area (Å²) in [5.74, 6) is -4.88. The second-order valence-corrected chi connectivity index (χ2v) is 4.01. The Morgan fingerprint density at radius 1 is 0.833 bits per heavy atom. The number of halogens is 3. The van der Waals surface area contributed by atoms with Crippen LogP contribution in [0.25, 0.3) is 0 Å². The zero-order valence-electron chi connectivity index (χ0n) is 8.29. The average Bonchev–Trinajstić information content (AvgIpc) is 1.86. The van der Waals surface area contributed by atoms with Crippen LogP contribution in [0.2, 0.25) is 0 Å². The summed E-state index contributed by atoms with van der Waals surface area (Å²) in [4.78, 5) is 0. The van der Waals surface area contributed by atoms with Crippen LogP contribution in [0.15, 0.2) is 0 Å². The molecule has 0 amide bonds. The maximum absolute atomic E-state index is 13.5. The SMILES string of the molecule is CC(C)C(C)(F)C(F)(F)C(C)C. The van der Waals surface area contributed by atoms with Crippen LogP contribution in [0.5, 0.6) is 0 Å². The van der Waals surface area contributed by atoms with Crippen molar-refractivity contribution in [2.45, 2.75) is 46.2 Å². The first-order valence-corrected chi connectivity index (χ1v) is 4.20. The predicted octanol–water partition coefficient (Wildman–Crippen LogP) is 3.66. The quantitative estimate of drug-likeness (QED) is 0.624. The summed E-state index contributed by atoms with van der Waals surface area (Å²) >= 11 is 0. The molecule has 1 unspecified atom stereocenters. The number of alkyl halides is 3. The second kappa shape index (κ2) is 3.27. The van der Waals surface area contributed by atoms with E-state index in [9.17, 15) is 13.2 Å². The molecule has 74 valence electrons. The van der Waals surface area contributed by atoms with Crippen LogP contribution >= 0.6 is 0 Å². The summed E-state index contributed by atoms with van der Waals surface area (Å²) in [6.07, 6.45) is 0. The molecule has 12 heavy (non-hydrogen) atoms. The molecule has 1 atom stereocenters. The normalized spacial score (nSPS) is 18.5. The lowest BCUT2D eigenvalue weighted by Gasteiger charge is -2.36. The van der Waals surface area contributed by atoms with Crippen LogP contribution in [0.4, 0.5) is 13.2 Å². The van der Waals surface area contributed by atoms with Crippen LogP contribution in [-0.4, -0.2) is 11.6 Å². The molecule has 0 aromatic heterocycles. The van der Waals surface area contributed by atoms with Gasteiger partial charge in [-0.05, 0) is 12.8 Å². The summed E-state index contributed by atoms with van der Waals surface area (Å²) in [6.45, 7) is 6.57. The monoisotopic (exact) mass is 182 g/mol. The lowest BCUT2D eigenvalue weighted by molar-refractivity contribution is -0.177. The van der Waals surface area contributed by atoms with Crippen LogP contribution in [0.1, 0.15) is 34.6 Å². The zero-order valence-corrected chi connectivity index (χ0v) is 8.29. The van der Waals surface area contributed by atoms with Gasteiger partial charge < -0.3 is 0 Å². The van der Waals surface area contributed by atoms with E-state index in [4.69, 9.17) is 0 Å². The minimum atomic E-state index is -3.25. The molecule has 0 aliphatic heterocycles. The zero-order chi connectivity index (χ0) is 10.2. The summed E-state index contributed by atoms with van der Waals surface area (Å²) in [6, 6.07) is 0. The van der Waals surface area contributed by atoms with Gasteiger partial charge in [-0.3, -0.25) is 0 Å². The van der Waals surface area contributed by atoms with Crippen LogP contribution < -0.4 is 0 Å². The fraction of sp³-hybridized carbons (Fsp3) is 1.00. The van der Waals surface area contributed by atoms with Crippen molar-refractivity contribution in [3.8, 4) is 0 Å². The van der Waals surface area contributed by atoms with E-state index >= 15 is 0 Å². The Morgan fingerprint density at radius 3 is 1.25 bits per heavy atom. The predicted molar refractivity (Wildman–Crippen MR) is 44.1 cm³/mol. The van der Waals surface area contributed by atoms with Crippen molar-refractivity contribution < 1.29 is 13.2 Å². The maximum Gasteiger partial charge on any atom is 0.283 e. The highest BCUT2D eigenvalue weighted by molar-refractivity contribution is 4.94. The first-order valence-electron chi connectivity index (χ1n) is 4.20. The standard InChI is InChI=1S/C9H17F3/c1-6(2)8(5,10)9(11,12)7(3)4/h6-7H,1-5H3. The van der Waals surface area contributed by atoms with Gasteiger partial charge in [-0.15, -0.1) is 0 Å². The molecule has 0 rings (SSSR count).